The molecule has 124 valence electrons. The van der Waals surface area contributed by atoms with E-state index >= 15 is 0 Å². The van der Waals surface area contributed by atoms with Crippen LogP contribution in [0.5, 0.6) is 5.75 Å². The molecule has 2 N–H and O–H groups in total. The number of ether oxygens (including phenoxy) is 1. The maximum absolute atomic E-state index is 12.6. The van der Waals surface area contributed by atoms with E-state index in [1.165, 1.54) is 16.7 Å². The third-order valence-corrected chi connectivity index (χ3v) is 4.84. The number of aryl methyl sites for hydroxylation is 1. The summed E-state index contributed by atoms with van der Waals surface area (Å²) in [5.74, 6) is 1.45. The first-order valence-electron chi connectivity index (χ1n) is 8.52. The second kappa shape index (κ2) is 6.75. The van der Waals surface area contributed by atoms with Gasteiger partial charge in [0.25, 0.3) is 0 Å². The molecule has 0 saturated heterocycles. The Hall–Kier alpha value is -1.81. The Bertz CT molecular complexity index is 634. The first-order valence-corrected chi connectivity index (χ1v) is 8.52. The fourth-order valence-electron chi connectivity index (χ4n) is 3.63. The lowest BCUT2D eigenvalue weighted by Gasteiger charge is -2.29. The number of hydrogen-bond acceptors (Lipinski definition) is 3. The Morgan fingerprint density at radius 1 is 1.35 bits per heavy atom. The third kappa shape index (κ3) is 3.27. The van der Waals surface area contributed by atoms with Crippen molar-refractivity contribution in [2.24, 2.45) is 5.92 Å². The molecule has 2 aliphatic rings. The van der Waals surface area contributed by atoms with Gasteiger partial charge >= 0.3 is 0 Å². The van der Waals surface area contributed by atoms with E-state index in [0.29, 0.717) is 18.5 Å². The molecule has 3 rings (SSSR count). The number of carbonyl (C=O) groups is 1. The average Bonchev–Trinajstić information content (AvgIpc) is 2.70. The summed E-state index contributed by atoms with van der Waals surface area (Å²) >= 11 is 0. The molecule has 1 unspecified atom stereocenters. The fraction of sp³-hybridized carbons (Fsp3) is 0.526. The molecule has 1 heterocycles. The van der Waals surface area contributed by atoms with E-state index in [9.17, 15) is 4.79 Å². The molecule has 0 saturated carbocycles. The van der Waals surface area contributed by atoms with Gasteiger partial charge in [-0.25, -0.2) is 0 Å². The van der Waals surface area contributed by atoms with Crippen molar-refractivity contribution < 1.29 is 9.53 Å². The Balaban J connectivity index is 2.08. The van der Waals surface area contributed by atoms with Gasteiger partial charge in [-0.1, -0.05) is 19.9 Å². The molecule has 23 heavy (non-hydrogen) atoms. The van der Waals surface area contributed by atoms with E-state index in [4.69, 9.17) is 4.74 Å². The molecule has 1 aromatic rings. The number of fused-ring (bicyclic) bond motifs is 3. The number of methoxy groups -OCH3 is 1. The molecule has 4 heteroatoms. The minimum absolute atomic E-state index is 0.0827. The highest BCUT2D eigenvalue weighted by Crippen LogP contribution is 2.41. The van der Waals surface area contributed by atoms with Gasteiger partial charge in [0.1, 0.15) is 5.75 Å². The Morgan fingerprint density at radius 3 is 2.91 bits per heavy atom. The maximum atomic E-state index is 12.6. The molecule has 0 radical (unpaired) electrons. The molecular formula is C19H26N2O2. The molecule has 1 aliphatic carbocycles. The van der Waals surface area contributed by atoms with Crippen molar-refractivity contribution in [1.82, 2.24) is 10.6 Å². The average molecular weight is 314 g/mol. The topological polar surface area (TPSA) is 50.4 Å². The standard InChI is InChI=1S/C19H26N2O2/c1-12(2)21-11-17-18-13(8-9-20-19(17)22)4-5-14-10-15(23-3)6-7-16(14)18/h6-7,10,12-13,21H,4-5,8-9,11H2,1-3H3,(H,20,22). The van der Waals surface area contributed by atoms with Gasteiger partial charge in [-0.05, 0) is 54.0 Å². The molecule has 4 nitrogen and oxygen atoms in total. The summed E-state index contributed by atoms with van der Waals surface area (Å²) < 4.78 is 5.36. The summed E-state index contributed by atoms with van der Waals surface area (Å²) in [6.45, 7) is 5.61. The van der Waals surface area contributed by atoms with E-state index in [2.05, 4.69) is 36.6 Å². The second-order valence-corrected chi connectivity index (χ2v) is 6.73. The SMILES string of the molecule is COc1ccc2c(c1)CCC1CCNC(=O)C(CNC(C)C)=C21. The molecule has 0 spiro atoms. The molecule has 0 fully saturated rings. The number of amides is 1. The third-order valence-electron chi connectivity index (χ3n) is 4.84. The number of rotatable bonds is 4. The summed E-state index contributed by atoms with van der Waals surface area (Å²) in [7, 11) is 1.70. The zero-order valence-electron chi connectivity index (χ0n) is 14.2. The summed E-state index contributed by atoms with van der Waals surface area (Å²) in [5, 5.41) is 6.48. The van der Waals surface area contributed by atoms with Crippen molar-refractivity contribution in [1.29, 1.82) is 0 Å². The fourth-order valence-corrected chi connectivity index (χ4v) is 3.63. The van der Waals surface area contributed by atoms with Crippen molar-refractivity contribution in [3.05, 3.63) is 34.9 Å². The minimum Gasteiger partial charge on any atom is -0.497 e. The van der Waals surface area contributed by atoms with Crippen molar-refractivity contribution in [2.75, 3.05) is 20.2 Å². The molecular weight excluding hydrogens is 288 g/mol. The van der Waals surface area contributed by atoms with Gasteiger partial charge in [0, 0.05) is 24.7 Å². The van der Waals surface area contributed by atoms with Crippen LogP contribution in [0.1, 0.15) is 37.8 Å². The van der Waals surface area contributed by atoms with Gasteiger partial charge in [0.05, 0.1) is 7.11 Å². The van der Waals surface area contributed by atoms with Gasteiger partial charge in [0.15, 0.2) is 0 Å². The van der Waals surface area contributed by atoms with Crippen LogP contribution in [0.15, 0.2) is 23.8 Å². The Labute approximate surface area is 138 Å². The van der Waals surface area contributed by atoms with Crippen LogP contribution in [-0.4, -0.2) is 32.1 Å². The van der Waals surface area contributed by atoms with Crippen LogP contribution in [0.3, 0.4) is 0 Å². The smallest absolute Gasteiger partial charge is 0.248 e. The highest BCUT2D eigenvalue weighted by Gasteiger charge is 2.31. The van der Waals surface area contributed by atoms with Crippen LogP contribution in [-0.2, 0) is 11.2 Å². The molecule has 1 aromatic carbocycles. The molecule has 1 atom stereocenters. The Morgan fingerprint density at radius 2 is 2.17 bits per heavy atom. The highest BCUT2D eigenvalue weighted by molar-refractivity contribution is 6.03. The predicted octanol–water partition coefficient (Wildman–Crippen LogP) is 2.53. The Kier molecular flexibility index (Phi) is 4.71. The van der Waals surface area contributed by atoms with Crippen molar-refractivity contribution >= 4 is 11.5 Å². The largest absolute Gasteiger partial charge is 0.497 e. The first-order chi connectivity index (χ1) is 11.1. The van der Waals surface area contributed by atoms with Crippen LogP contribution < -0.4 is 15.4 Å². The van der Waals surface area contributed by atoms with Gasteiger partial charge in [-0.3, -0.25) is 4.79 Å². The first kappa shape index (κ1) is 16.1. The van der Waals surface area contributed by atoms with Gasteiger partial charge < -0.3 is 15.4 Å². The number of carbonyl (C=O) groups excluding carboxylic acids is 1. The van der Waals surface area contributed by atoms with E-state index in [-0.39, 0.29) is 5.91 Å². The summed E-state index contributed by atoms with van der Waals surface area (Å²) in [6, 6.07) is 6.61. The lowest BCUT2D eigenvalue weighted by Crippen LogP contribution is -2.33. The quantitative estimate of drug-likeness (QED) is 0.898. The zero-order chi connectivity index (χ0) is 16.4. The minimum atomic E-state index is 0.0827. The second-order valence-electron chi connectivity index (χ2n) is 6.73. The summed E-state index contributed by atoms with van der Waals surface area (Å²) in [6.07, 6.45) is 3.19. The van der Waals surface area contributed by atoms with E-state index in [1.807, 2.05) is 6.07 Å². The zero-order valence-corrected chi connectivity index (χ0v) is 14.2. The lowest BCUT2D eigenvalue weighted by atomic mass is 9.76. The van der Waals surface area contributed by atoms with Crippen molar-refractivity contribution in [3.63, 3.8) is 0 Å². The summed E-state index contributed by atoms with van der Waals surface area (Å²) in [5.41, 5.74) is 4.69. The highest BCUT2D eigenvalue weighted by atomic mass is 16.5. The maximum Gasteiger partial charge on any atom is 0.248 e. The molecule has 1 aliphatic heterocycles. The van der Waals surface area contributed by atoms with Gasteiger partial charge in [0.2, 0.25) is 5.91 Å². The lowest BCUT2D eigenvalue weighted by molar-refractivity contribution is -0.117. The van der Waals surface area contributed by atoms with Gasteiger partial charge in [-0.2, -0.15) is 0 Å². The van der Waals surface area contributed by atoms with Gasteiger partial charge in [-0.15, -0.1) is 0 Å². The van der Waals surface area contributed by atoms with E-state index < -0.39 is 0 Å². The van der Waals surface area contributed by atoms with Crippen LogP contribution >= 0.6 is 0 Å². The number of hydrogen-bond donors (Lipinski definition) is 2. The van der Waals surface area contributed by atoms with Crippen molar-refractivity contribution in [2.45, 2.75) is 39.2 Å². The molecule has 0 aromatic heterocycles. The van der Waals surface area contributed by atoms with Crippen LogP contribution in [0, 0.1) is 5.92 Å². The monoisotopic (exact) mass is 314 g/mol. The molecule has 1 amide bonds. The van der Waals surface area contributed by atoms with Crippen molar-refractivity contribution in [3.8, 4) is 5.75 Å². The summed E-state index contributed by atoms with van der Waals surface area (Å²) in [4.78, 5) is 12.6. The number of allylic oxidation sites excluding steroid dienone is 1. The van der Waals surface area contributed by atoms with Crippen LogP contribution in [0.4, 0.5) is 0 Å². The van der Waals surface area contributed by atoms with Crippen LogP contribution in [0.2, 0.25) is 0 Å². The van der Waals surface area contributed by atoms with E-state index in [0.717, 1.165) is 37.1 Å². The van der Waals surface area contributed by atoms with E-state index in [1.54, 1.807) is 7.11 Å². The predicted molar refractivity (Wildman–Crippen MR) is 92.5 cm³/mol. The normalized spacial score (nSPS) is 20.7. The number of benzene rings is 1. The molecule has 0 bridgehead atoms. The number of nitrogens with one attached hydrogen (secondary N) is 2. The van der Waals surface area contributed by atoms with Crippen LogP contribution in [0.25, 0.3) is 5.57 Å².